The fourth-order valence-corrected chi connectivity index (χ4v) is 2.93. The van der Waals surface area contributed by atoms with Gasteiger partial charge < -0.3 is 10.2 Å². The van der Waals surface area contributed by atoms with E-state index < -0.39 is 0 Å². The summed E-state index contributed by atoms with van der Waals surface area (Å²) in [5.41, 5.74) is 0. The minimum absolute atomic E-state index is 1.04. The highest BCUT2D eigenvalue weighted by Crippen LogP contribution is 2.26. The Morgan fingerprint density at radius 3 is 2.79 bits per heavy atom. The first-order valence-corrected chi connectivity index (χ1v) is 6.32. The van der Waals surface area contributed by atoms with Gasteiger partial charge in [-0.3, -0.25) is 0 Å². The van der Waals surface area contributed by atoms with E-state index in [4.69, 9.17) is 0 Å². The fraction of sp³-hybridized carbons (Fsp3) is 0.600. The Labute approximate surface area is 98.4 Å². The van der Waals surface area contributed by atoms with Crippen LogP contribution in [0.2, 0.25) is 0 Å². The SMILES string of the molecule is CNCCN(C)Cc1cc(Br)c(C)s1. The highest BCUT2D eigenvalue weighted by atomic mass is 79.9. The molecular weight excluding hydrogens is 260 g/mol. The number of aryl methyl sites for hydroxylation is 1. The monoisotopic (exact) mass is 276 g/mol. The zero-order valence-electron chi connectivity index (χ0n) is 8.93. The molecule has 0 aliphatic rings. The Morgan fingerprint density at radius 1 is 1.57 bits per heavy atom. The molecule has 0 saturated carbocycles. The molecule has 0 aromatic carbocycles. The van der Waals surface area contributed by atoms with Crippen molar-refractivity contribution in [3.8, 4) is 0 Å². The van der Waals surface area contributed by atoms with Crippen LogP contribution in [0.3, 0.4) is 0 Å². The second-order valence-electron chi connectivity index (χ2n) is 3.46. The largest absolute Gasteiger partial charge is 0.318 e. The highest BCUT2D eigenvalue weighted by Gasteiger charge is 2.05. The summed E-state index contributed by atoms with van der Waals surface area (Å²) in [5.74, 6) is 0. The average molecular weight is 277 g/mol. The third-order valence-electron chi connectivity index (χ3n) is 2.08. The lowest BCUT2D eigenvalue weighted by Crippen LogP contribution is -2.26. The van der Waals surface area contributed by atoms with Crippen molar-refractivity contribution in [2.45, 2.75) is 13.5 Å². The number of hydrogen-bond acceptors (Lipinski definition) is 3. The van der Waals surface area contributed by atoms with Crippen molar-refractivity contribution in [2.24, 2.45) is 0 Å². The van der Waals surface area contributed by atoms with Crippen LogP contribution in [0.25, 0.3) is 0 Å². The normalized spacial score (nSPS) is 11.2. The number of hydrogen-bond donors (Lipinski definition) is 1. The van der Waals surface area contributed by atoms with E-state index in [-0.39, 0.29) is 0 Å². The molecule has 0 bridgehead atoms. The molecular formula is C10H17BrN2S. The summed E-state index contributed by atoms with van der Waals surface area (Å²) >= 11 is 5.41. The molecule has 0 saturated heterocycles. The van der Waals surface area contributed by atoms with E-state index in [1.54, 1.807) is 0 Å². The Hall–Kier alpha value is 0.1000. The summed E-state index contributed by atoms with van der Waals surface area (Å²) in [7, 11) is 4.14. The van der Waals surface area contributed by atoms with Crippen LogP contribution in [0.15, 0.2) is 10.5 Å². The molecule has 0 atom stereocenters. The van der Waals surface area contributed by atoms with Gasteiger partial charge >= 0.3 is 0 Å². The molecule has 1 rings (SSSR count). The lowest BCUT2D eigenvalue weighted by atomic mass is 10.4. The van der Waals surface area contributed by atoms with Crippen LogP contribution >= 0.6 is 27.3 Å². The lowest BCUT2D eigenvalue weighted by molar-refractivity contribution is 0.331. The van der Waals surface area contributed by atoms with Gasteiger partial charge in [0.05, 0.1) is 0 Å². The van der Waals surface area contributed by atoms with Gasteiger partial charge in [-0.25, -0.2) is 0 Å². The standard InChI is InChI=1S/C10H17BrN2S/c1-8-10(11)6-9(14-8)7-13(3)5-4-12-2/h6,12H,4-5,7H2,1-3H3. The van der Waals surface area contributed by atoms with Crippen molar-refractivity contribution in [3.05, 3.63) is 20.3 Å². The maximum absolute atomic E-state index is 3.54. The van der Waals surface area contributed by atoms with E-state index in [0.29, 0.717) is 0 Å². The average Bonchev–Trinajstić information content (AvgIpc) is 2.42. The smallest absolute Gasteiger partial charge is 0.0325 e. The zero-order chi connectivity index (χ0) is 10.6. The summed E-state index contributed by atoms with van der Waals surface area (Å²) in [6.07, 6.45) is 0. The molecule has 1 heterocycles. The second kappa shape index (κ2) is 5.85. The summed E-state index contributed by atoms with van der Waals surface area (Å²) < 4.78 is 1.24. The zero-order valence-corrected chi connectivity index (χ0v) is 11.3. The van der Waals surface area contributed by atoms with E-state index in [2.05, 4.69) is 46.2 Å². The van der Waals surface area contributed by atoms with Gasteiger partial charge in [0.2, 0.25) is 0 Å². The third-order valence-corrected chi connectivity index (χ3v) is 4.20. The van der Waals surface area contributed by atoms with Crippen LogP contribution in [0.1, 0.15) is 9.75 Å². The predicted octanol–water partition coefficient (Wildman–Crippen LogP) is 2.47. The number of thiophene rings is 1. The van der Waals surface area contributed by atoms with Crippen molar-refractivity contribution in [2.75, 3.05) is 27.2 Å². The quantitative estimate of drug-likeness (QED) is 0.889. The van der Waals surface area contributed by atoms with Crippen LogP contribution < -0.4 is 5.32 Å². The van der Waals surface area contributed by atoms with Gasteiger partial charge in [-0.2, -0.15) is 0 Å². The second-order valence-corrected chi connectivity index (χ2v) is 5.65. The third kappa shape index (κ3) is 3.69. The summed E-state index contributed by atoms with van der Waals surface area (Å²) in [4.78, 5) is 5.11. The maximum Gasteiger partial charge on any atom is 0.0325 e. The minimum Gasteiger partial charge on any atom is -0.318 e. The molecule has 0 fully saturated rings. The molecule has 2 nitrogen and oxygen atoms in total. The Balaban J connectivity index is 2.43. The molecule has 0 amide bonds. The molecule has 0 unspecified atom stereocenters. The fourth-order valence-electron chi connectivity index (χ4n) is 1.24. The van der Waals surface area contributed by atoms with Gasteiger partial charge in [-0.05, 0) is 43.0 Å². The molecule has 1 aromatic rings. The first kappa shape index (κ1) is 12.2. The molecule has 4 heteroatoms. The molecule has 14 heavy (non-hydrogen) atoms. The van der Waals surface area contributed by atoms with Crippen molar-refractivity contribution < 1.29 is 0 Å². The highest BCUT2D eigenvalue weighted by molar-refractivity contribution is 9.10. The Kier molecular flexibility index (Phi) is 5.09. The molecule has 0 spiro atoms. The van der Waals surface area contributed by atoms with Crippen molar-refractivity contribution in [1.29, 1.82) is 0 Å². The van der Waals surface area contributed by atoms with Gasteiger partial charge in [-0.1, -0.05) is 0 Å². The van der Waals surface area contributed by atoms with Crippen LogP contribution in [-0.2, 0) is 6.54 Å². The first-order valence-electron chi connectivity index (χ1n) is 4.71. The first-order chi connectivity index (χ1) is 6.63. The molecule has 0 aliphatic carbocycles. The number of nitrogens with one attached hydrogen (secondary N) is 1. The maximum atomic E-state index is 3.54. The van der Waals surface area contributed by atoms with Gasteiger partial charge in [-0.15, -0.1) is 11.3 Å². The minimum atomic E-state index is 1.04. The number of nitrogens with zero attached hydrogens (tertiary/aromatic N) is 1. The van der Waals surface area contributed by atoms with E-state index >= 15 is 0 Å². The van der Waals surface area contributed by atoms with Gasteiger partial charge in [0.25, 0.3) is 0 Å². The van der Waals surface area contributed by atoms with E-state index in [1.165, 1.54) is 14.2 Å². The molecule has 0 radical (unpaired) electrons. The summed E-state index contributed by atoms with van der Waals surface area (Å²) in [6.45, 7) is 5.32. The molecule has 1 aromatic heterocycles. The van der Waals surface area contributed by atoms with Gasteiger partial charge in [0.1, 0.15) is 0 Å². The van der Waals surface area contributed by atoms with Crippen LogP contribution in [0.4, 0.5) is 0 Å². The molecule has 80 valence electrons. The lowest BCUT2D eigenvalue weighted by Gasteiger charge is -2.14. The van der Waals surface area contributed by atoms with Crippen LogP contribution in [0, 0.1) is 6.92 Å². The van der Waals surface area contributed by atoms with Crippen molar-refractivity contribution in [1.82, 2.24) is 10.2 Å². The van der Waals surface area contributed by atoms with Gasteiger partial charge in [0.15, 0.2) is 0 Å². The Bertz CT molecular complexity index is 266. The van der Waals surface area contributed by atoms with Crippen LogP contribution in [0.5, 0.6) is 0 Å². The number of rotatable bonds is 5. The number of likely N-dealkylation sites (N-methyl/N-ethyl adjacent to an activating group) is 2. The van der Waals surface area contributed by atoms with E-state index in [9.17, 15) is 0 Å². The van der Waals surface area contributed by atoms with Crippen molar-refractivity contribution in [3.63, 3.8) is 0 Å². The molecule has 1 N–H and O–H groups in total. The summed E-state index contributed by atoms with van der Waals surface area (Å²) in [5, 5.41) is 3.15. The predicted molar refractivity (Wildman–Crippen MR) is 67.0 cm³/mol. The van der Waals surface area contributed by atoms with E-state index in [0.717, 1.165) is 19.6 Å². The summed E-state index contributed by atoms with van der Waals surface area (Å²) in [6, 6.07) is 2.22. The Morgan fingerprint density at radius 2 is 2.29 bits per heavy atom. The van der Waals surface area contributed by atoms with Crippen LogP contribution in [-0.4, -0.2) is 32.1 Å². The molecule has 0 aliphatic heterocycles. The number of halogens is 1. The topological polar surface area (TPSA) is 15.3 Å². The van der Waals surface area contributed by atoms with Crippen molar-refractivity contribution >= 4 is 27.3 Å². The van der Waals surface area contributed by atoms with E-state index in [1.807, 2.05) is 18.4 Å². The van der Waals surface area contributed by atoms with Gasteiger partial charge in [0, 0.05) is 33.9 Å².